The molecule has 3 aromatic rings. The van der Waals surface area contributed by atoms with Gasteiger partial charge in [0, 0.05) is 24.5 Å². The van der Waals surface area contributed by atoms with Gasteiger partial charge in [0.15, 0.2) is 5.82 Å². The lowest BCUT2D eigenvalue weighted by Crippen LogP contribution is -2.26. The largest absolute Gasteiger partial charge is 0.464 e. The molecule has 1 aliphatic heterocycles. The zero-order chi connectivity index (χ0) is 13.5. The summed E-state index contributed by atoms with van der Waals surface area (Å²) in [5.74, 6) is 1.43. The third-order valence-corrected chi connectivity index (χ3v) is 3.72. The first-order valence-electron chi connectivity index (χ1n) is 6.71. The number of aromatic amines is 1. The maximum atomic E-state index is 5.92. The van der Waals surface area contributed by atoms with Gasteiger partial charge in [-0.05, 0) is 12.5 Å². The van der Waals surface area contributed by atoms with Crippen LogP contribution in [0.1, 0.15) is 6.42 Å². The van der Waals surface area contributed by atoms with E-state index in [0.717, 1.165) is 41.9 Å². The third kappa shape index (κ3) is 1.77. The van der Waals surface area contributed by atoms with Gasteiger partial charge < -0.3 is 15.1 Å². The minimum Gasteiger partial charge on any atom is -0.464 e. The quantitative estimate of drug-likeness (QED) is 0.740. The Morgan fingerprint density at radius 3 is 3.10 bits per heavy atom. The number of aromatic nitrogens is 3. The van der Waals surface area contributed by atoms with Crippen molar-refractivity contribution in [2.45, 2.75) is 12.5 Å². The first-order valence-corrected chi connectivity index (χ1v) is 6.71. The summed E-state index contributed by atoms with van der Waals surface area (Å²) < 4.78 is 5.53. The molecule has 1 aromatic carbocycles. The Balaban J connectivity index is 1.71. The molecule has 6 heteroatoms. The van der Waals surface area contributed by atoms with Crippen molar-refractivity contribution in [3.8, 4) is 11.4 Å². The Hall–Kier alpha value is -2.34. The van der Waals surface area contributed by atoms with Crippen molar-refractivity contribution in [3.05, 3.63) is 30.5 Å². The minimum absolute atomic E-state index is 0.215. The number of anilines is 1. The summed E-state index contributed by atoms with van der Waals surface area (Å²) in [7, 11) is 0. The van der Waals surface area contributed by atoms with Gasteiger partial charge in [-0.1, -0.05) is 18.2 Å². The van der Waals surface area contributed by atoms with E-state index in [1.807, 2.05) is 24.3 Å². The van der Waals surface area contributed by atoms with Crippen LogP contribution in [0.2, 0.25) is 0 Å². The number of benzene rings is 1. The normalized spacial score (nSPS) is 19.1. The van der Waals surface area contributed by atoms with Crippen LogP contribution in [0.4, 0.5) is 5.95 Å². The zero-order valence-electron chi connectivity index (χ0n) is 10.9. The van der Waals surface area contributed by atoms with E-state index in [-0.39, 0.29) is 6.04 Å². The van der Waals surface area contributed by atoms with Crippen molar-refractivity contribution in [2.24, 2.45) is 5.73 Å². The van der Waals surface area contributed by atoms with Crippen molar-refractivity contribution < 1.29 is 4.42 Å². The first kappa shape index (κ1) is 11.5. The molecule has 4 rings (SSSR count). The van der Waals surface area contributed by atoms with Crippen molar-refractivity contribution in [3.63, 3.8) is 0 Å². The molecule has 102 valence electrons. The summed E-state index contributed by atoms with van der Waals surface area (Å²) >= 11 is 0. The van der Waals surface area contributed by atoms with Gasteiger partial charge in [0.25, 0.3) is 0 Å². The van der Waals surface area contributed by atoms with Gasteiger partial charge in [0.1, 0.15) is 11.8 Å². The number of fused-ring (bicyclic) bond motifs is 1. The van der Waals surface area contributed by atoms with Crippen molar-refractivity contribution in [1.29, 1.82) is 0 Å². The lowest BCUT2D eigenvalue weighted by Gasteiger charge is -2.11. The van der Waals surface area contributed by atoms with Gasteiger partial charge in [-0.25, -0.2) is 0 Å². The molecule has 0 aliphatic carbocycles. The van der Waals surface area contributed by atoms with Crippen molar-refractivity contribution in [1.82, 2.24) is 15.2 Å². The minimum atomic E-state index is 0.215. The average molecular weight is 269 g/mol. The maximum absolute atomic E-state index is 5.92. The lowest BCUT2D eigenvalue weighted by molar-refractivity contribution is 0.616. The Bertz CT molecular complexity index is 747. The van der Waals surface area contributed by atoms with E-state index >= 15 is 0 Å². The molecular weight excluding hydrogens is 254 g/mol. The molecule has 3 N–H and O–H groups in total. The molecular formula is C14H15N5O. The van der Waals surface area contributed by atoms with Crippen LogP contribution < -0.4 is 10.6 Å². The Morgan fingerprint density at radius 1 is 1.35 bits per heavy atom. The fraction of sp³-hybridized carbons (Fsp3) is 0.286. The predicted octanol–water partition coefficient (Wildman–Crippen LogP) is 1.76. The average Bonchev–Trinajstić information content (AvgIpc) is 3.15. The number of para-hydroxylation sites is 1. The van der Waals surface area contributed by atoms with Crippen molar-refractivity contribution >= 4 is 16.9 Å². The van der Waals surface area contributed by atoms with Crippen LogP contribution in [0, 0.1) is 0 Å². The molecule has 0 saturated carbocycles. The molecule has 0 radical (unpaired) electrons. The fourth-order valence-electron chi connectivity index (χ4n) is 2.64. The molecule has 0 bridgehead atoms. The van der Waals surface area contributed by atoms with Crippen LogP contribution in [-0.2, 0) is 0 Å². The topological polar surface area (TPSA) is 84.0 Å². The second-order valence-corrected chi connectivity index (χ2v) is 5.12. The SMILES string of the molecule is NC1CCN(c2n[nH]c(-c3coc4ccccc34)n2)C1. The summed E-state index contributed by atoms with van der Waals surface area (Å²) in [5, 5.41) is 8.31. The molecule has 1 unspecified atom stereocenters. The smallest absolute Gasteiger partial charge is 0.245 e. The van der Waals surface area contributed by atoms with Crippen LogP contribution in [0.25, 0.3) is 22.4 Å². The molecule has 1 atom stereocenters. The number of nitrogens with two attached hydrogens (primary N) is 1. The molecule has 6 nitrogen and oxygen atoms in total. The molecule has 1 fully saturated rings. The van der Waals surface area contributed by atoms with Gasteiger partial charge in [-0.15, -0.1) is 5.10 Å². The monoisotopic (exact) mass is 269 g/mol. The highest BCUT2D eigenvalue weighted by Crippen LogP contribution is 2.29. The van der Waals surface area contributed by atoms with E-state index in [1.165, 1.54) is 0 Å². The fourth-order valence-corrected chi connectivity index (χ4v) is 2.64. The van der Waals surface area contributed by atoms with Gasteiger partial charge >= 0.3 is 0 Å². The molecule has 1 saturated heterocycles. The van der Waals surface area contributed by atoms with Gasteiger partial charge in [0.2, 0.25) is 5.95 Å². The third-order valence-electron chi connectivity index (χ3n) is 3.72. The molecule has 2 aromatic heterocycles. The Kier molecular flexibility index (Phi) is 2.50. The number of nitrogens with zero attached hydrogens (tertiary/aromatic N) is 3. The second-order valence-electron chi connectivity index (χ2n) is 5.12. The maximum Gasteiger partial charge on any atom is 0.245 e. The van der Waals surface area contributed by atoms with E-state index in [0.29, 0.717) is 5.95 Å². The van der Waals surface area contributed by atoms with E-state index in [2.05, 4.69) is 20.1 Å². The van der Waals surface area contributed by atoms with Gasteiger partial charge in [0.05, 0.1) is 5.56 Å². The zero-order valence-corrected chi connectivity index (χ0v) is 10.9. The van der Waals surface area contributed by atoms with Crippen LogP contribution >= 0.6 is 0 Å². The molecule has 0 spiro atoms. The predicted molar refractivity (Wildman–Crippen MR) is 76.4 cm³/mol. The summed E-state index contributed by atoms with van der Waals surface area (Å²) in [6.45, 7) is 1.72. The number of nitrogens with one attached hydrogen (secondary N) is 1. The van der Waals surface area contributed by atoms with Crippen LogP contribution in [0.15, 0.2) is 34.9 Å². The number of H-pyrrole nitrogens is 1. The highest BCUT2D eigenvalue weighted by atomic mass is 16.3. The number of rotatable bonds is 2. The number of hydrogen-bond acceptors (Lipinski definition) is 5. The van der Waals surface area contributed by atoms with Gasteiger partial charge in [-0.3, -0.25) is 5.10 Å². The van der Waals surface area contributed by atoms with Crippen molar-refractivity contribution in [2.75, 3.05) is 18.0 Å². The Morgan fingerprint density at radius 2 is 2.25 bits per heavy atom. The summed E-state index contributed by atoms with van der Waals surface area (Å²) in [6.07, 6.45) is 2.70. The molecule has 3 heterocycles. The molecule has 1 aliphatic rings. The van der Waals surface area contributed by atoms with Crippen LogP contribution in [-0.4, -0.2) is 34.3 Å². The number of hydrogen-bond donors (Lipinski definition) is 2. The van der Waals surface area contributed by atoms with E-state index in [4.69, 9.17) is 10.2 Å². The molecule has 0 amide bonds. The highest BCUT2D eigenvalue weighted by Gasteiger charge is 2.23. The summed E-state index contributed by atoms with van der Waals surface area (Å²) in [4.78, 5) is 6.67. The van der Waals surface area contributed by atoms with E-state index < -0.39 is 0 Å². The second kappa shape index (κ2) is 4.35. The standard InChI is InChI=1S/C14H15N5O/c15-9-5-6-19(7-9)14-16-13(17-18-14)11-8-20-12-4-2-1-3-10(11)12/h1-4,8-9H,5-7,15H2,(H,16,17,18). The summed E-state index contributed by atoms with van der Waals surface area (Å²) in [5.41, 5.74) is 7.70. The van der Waals surface area contributed by atoms with E-state index in [9.17, 15) is 0 Å². The van der Waals surface area contributed by atoms with Crippen LogP contribution in [0.3, 0.4) is 0 Å². The Labute approximate surface area is 115 Å². The number of furan rings is 1. The summed E-state index contributed by atoms with van der Waals surface area (Å²) in [6, 6.07) is 8.11. The molecule has 20 heavy (non-hydrogen) atoms. The van der Waals surface area contributed by atoms with Crippen LogP contribution in [0.5, 0.6) is 0 Å². The van der Waals surface area contributed by atoms with E-state index in [1.54, 1.807) is 6.26 Å². The lowest BCUT2D eigenvalue weighted by atomic mass is 10.2. The van der Waals surface area contributed by atoms with Gasteiger partial charge in [-0.2, -0.15) is 4.98 Å². The highest BCUT2D eigenvalue weighted by molar-refractivity contribution is 5.92. The first-order chi connectivity index (χ1) is 9.81.